The van der Waals surface area contributed by atoms with Crippen LogP contribution in [0.4, 0.5) is 5.69 Å². The molecule has 1 aromatic rings. The van der Waals surface area contributed by atoms with Gasteiger partial charge in [0.15, 0.2) is 5.96 Å². The summed E-state index contributed by atoms with van der Waals surface area (Å²) in [4.78, 5) is 6.63. The van der Waals surface area contributed by atoms with Crippen molar-refractivity contribution in [1.82, 2.24) is 10.6 Å². The molecule has 2 N–H and O–H groups in total. The lowest BCUT2D eigenvalue weighted by molar-refractivity contribution is 0.122. The van der Waals surface area contributed by atoms with E-state index in [-0.39, 0.29) is 0 Å². The summed E-state index contributed by atoms with van der Waals surface area (Å²) in [6.07, 6.45) is 0. The van der Waals surface area contributed by atoms with Crippen molar-refractivity contribution in [2.45, 2.75) is 13.5 Å². The van der Waals surface area contributed by atoms with Crippen LogP contribution in [0.3, 0.4) is 0 Å². The number of hydrogen-bond donors (Lipinski definition) is 2. The van der Waals surface area contributed by atoms with Gasteiger partial charge in [-0.1, -0.05) is 18.2 Å². The molecule has 1 aromatic carbocycles. The molecule has 0 spiro atoms. The molecular weight excluding hydrogens is 292 g/mol. The molecule has 6 nitrogen and oxygen atoms in total. The normalized spacial score (nSPS) is 15.6. The zero-order chi connectivity index (χ0) is 16.3. The third kappa shape index (κ3) is 5.73. The second-order valence-corrected chi connectivity index (χ2v) is 5.28. The van der Waals surface area contributed by atoms with E-state index in [9.17, 15) is 0 Å². The molecule has 0 bridgehead atoms. The Balaban J connectivity index is 1.89. The zero-order valence-electron chi connectivity index (χ0n) is 14.2. The van der Waals surface area contributed by atoms with E-state index in [1.807, 2.05) is 6.92 Å². The lowest BCUT2D eigenvalue weighted by Gasteiger charge is -2.30. The number of morpholine rings is 1. The summed E-state index contributed by atoms with van der Waals surface area (Å²) in [5.74, 6) is 0.793. The van der Waals surface area contributed by atoms with Gasteiger partial charge >= 0.3 is 0 Å². The first-order valence-electron chi connectivity index (χ1n) is 8.28. The van der Waals surface area contributed by atoms with Crippen molar-refractivity contribution < 1.29 is 9.47 Å². The van der Waals surface area contributed by atoms with Crippen LogP contribution < -0.4 is 15.5 Å². The van der Waals surface area contributed by atoms with E-state index < -0.39 is 0 Å². The smallest absolute Gasteiger partial charge is 0.191 e. The van der Waals surface area contributed by atoms with E-state index in [4.69, 9.17) is 9.47 Å². The third-order valence-electron chi connectivity index (χ3n) is 3.76. The summed E-state index contributed by atoms with van der Waals surface area (Å²) >= 11 is 0. The zero-order valence-corrected chi connectivity index (χ0v) is 14.2. The Bertz CT molecular complexity index is 487. The molecule has 2 rings (SSSR count). The minimum Gasteiger partial charge on any atom is -0.380 e. The highest BCUT2D eigenvalue weighted by atomic mass is 16.5. The van der Waals surface area contributed by atoms with Gasteiger partial charge in [0, 0.05) is 45.5 Å². The SMILES string of the molecule is CCOCCNC(=NC)NCc1ccccc1N1CCOCC1. The van der Waals surface area contributed by atoms with Gasteiger partial charge in [-0.05, 0) is 18.6 Å². The Morgan fingerprint density at radius 2 is 2.04 bits per heavy atom. The Kier molecular flexibility index (Phi) is 7.69. The number of benzene rings is 1. The summed E-state index contributed by atoms with van der Waals surface area (Å²) in [6.45, 7) is 8.37. The lowest BCUT2D eigenvalue weighted by Crippen LogP contribution is -2.40. The summed E-state index contributed by atoms with van der Waals surface area (Å²) < 4.78 is 10.8. The minimum atomic E-state index is 0.682. The predicted octanol–water partition coefficient (Wildman–Crippen LogP) is 1.22. The van der Waals surface area contributed by atoms with Crippen molar-refractivity contribution in [3.05, 3.63) is 29.8 Å². The average molecular weight is 320 g/mol. The van der Waals surface area contributed by atoms with Crippen molar-refractivity contribution in [1.29, 1.82) is 0 Å². The second-order valence-electron chi connectivity index (χ2n) is 5.28. The van der Waals surface area contributed by atoms with Crippen molar-refractivity contribution in [3.63, 3.8) is 0 Å². The highest BCUT2D eigenvalue weighted by Gasteiger charge is 2.14. The maximum absolute atomic E-state index is 5.44. The number of nitrogens with one attached hydrogen (secondary N) is 2. The Labute approximate surface area is 138 Å². The van der Waals surface area contributed by atoms with E-state index in [2.05, 4.69) is 44.8 Å². The van der Waals surface area contributed by atoms with Crippen LogP contribution in [-0.2, 0) is 16.0 Å². The standard InChI is InChI=1S/C17H28N4O2/c1-3-22-11-8-19-17(18-2)20-14-15-6-4-5-7-16(15)21-9-12-23-13-10-21/h4-7H,3,8-14H2,1-2H3,(H2,18,19,20). The number of para-hydroxylation sites is 1. The molecule has 6 heteroatoms. The number of anilines is 1. The van der Waals surface area contributed by atoms with Crippen LogP contribution >= 0.6 is 0 Å². The second kappa shape index (κ2) is 10.1. The number of aliphatic imine (C=N–C) groups is 1. The molecule has 0 saturated carbocycles. The molecule has 0 radical (unpaired) electrons. The number of rotatable bonds is 7. The fraction of sp³-hybridized carbons (Fsp3) is 0.588. The van der Waals surface area contributed by atoms with Crippen LogP contribution in [0.5, 0.6) is 0 Å². The average Bonchev–Trinajstić information content (AvgIpc) is 2.62. The van der Waals surface area contributed by atoms with Crippen LogP contribution in [0, 0.1) is 0 Å². The molecular formula is C17H28N4O2. The van der Waals surface area contributed by atoms with Crippen LogP contribution in [0.25, 0.3) is 0 Å². The van der Waals surface area contributed by atoms with Crippen LogP contribution in [0.2, 0.25) is 0 Å². The molecule has 0 unspecified atom stereocenters. The van der Waals surface area contributed by atoms with E-state index in [1.165, 1.54) is 11.3 Å². The molecule has 1 fully saturated rings. The van der Waals surface area contributed by atoms with Gasteiger partial charge in [-0.3, -0.25) is 4.99 Å². The molecule has 1 aliphatic heterocycles. The summed E-state index contributed by atoms with van der Waals surface area (Å²) in [5.41, 5.74) is 2.54. The maximum atomic E-state index is 5.44. The maximum Gasteiger partial charge on any atom is 0.191 e. The first-order valence-corrected chi connectivity index (χ1v) is 8.28. The van der Waals surface area contributed by atoms with Crippen molar-refractivity contribution >= 4 is 11.6 Å². The van der Waals surface area contributed by atoms with Gasteiger partial charge in [-0.25, -0.2) is 0 Å². The van der Waals surface area contributed by atoms with E-state index in [0.717, 1.165) is 52.0 Å². The highest BCUT2D eigenvalue weighted by Crippen LogP contribution is 2.21. The van der Waals surface area contributed by atoms with Gasteiger partial charge in [0.05, 0.1) is 19.8 Å². The molecule has 1 saturated heterocycles. The largest absolute Gasteiger partial charge is 0.380 e. The first-order chi connectivity index (χ1) is 11.3. The number of guanidine groups is 1. The molecule has 0 amide bonds. The summed E-state index contributed by atoms with van der Waals surface area (Å²) in [5, 5.41) is 6.62. The van der Waals surface area contributed by atoms with E-state index in [1.54, 1.807) is 7.05 Å². The molecule has 1 aliphatic rings. The fourth-order valence-electron chi connectivity index (χ4n) is 2.56. The third-order valence-corrected chi connectivity index (χ3v) is 3.76. The lowest BCUT2D eigenvalue weighted by atomic mass is 10.1. The van der Waals surface area contributed by atoms with Crippen molar-refractivity contribution in [3.8, 4) is 0 Å². The van der Waals surface area contributed by atoms with Gasteiger partial charge in [0.2, 0.25) is 0 Å². The van der Waals surface area contributed by atoms with E-state index in [0.29, 0.717) is 6.61 Å². The number of ether oxygens (including phenoxy) is 2. The Hall–Kier alpha value is -1.79. The van der Waals surface area contributed by atoms with Gasteiger partial charge in [0.25, 0.3) is 0 Å². The van der Waals surface area contributed by atoms with Gasteiger partial charge < -0.3 is 25.0 Å². The van der Waals surface area contributed by atoms with E-state index >= 15 is 0 Å². The minimum absolute atomic E-state index is 0.682. The summed E-state index contributed by atoms with van der Waals surface area (Å²) in [6, 6.07) is 8.49. The molecule has 1 heterocycles. The molecule has 128 valence electrons. The monoisotopic (exact) mass is 320 g/mol. The molecule has 23 heavy (non-hydrogen) atoms. The molecule has 0 aromatic heterocycles. The first kappa shape index (κ1) is 17.6. The van der Waals surface area contributed by atoms with Crippen molar-refractivity contribution in [2.24, 2.45) is 4.99 Å². The van der Waals surface area contributed by atoms with Gasteiger partial charge in [-0.2, -0.15) is 0 Å². The number of nitrogens with zero attached hydrogens (tertiary/aromatic N) is 2. The van der Waals surface area contributed by atoms with Crippen molar-refractivity contribution in [2.75, 3.05) is 58.0 Å². The van der Waals surface area contributed by atoms with Gasteiger partial charge in [0.1, 0.15) is 0 Å². The quantitative estimate of drug-likeness (QED) is 0.449. The van der Waals surface area contributed by atoms with Crippen LogP contribution in [0.1, 0.15) is 12.5 Å². The fourth-order valence-corrected chi connectivity index (χ4v) is 2.56. The Morgan fingerprint density at radius 1 is 1.26 bits per heavy atom. The number of hydrogen-bond acceptors (Lipinski definition) is 4. The Morgan fingerprint density at radius 3 is 2.78 bits per heavy atom. The van der Waals surface area contributed by atoms with Gasteiger partial charge in [-0.15, -0.1) is 0 Å². The molecule has 0 atom stereocenters. The van der Waals surface area contributed by atoms with Crippen LogP contribution in [0.15, 0.2) is 29.3 Å². The van der Waals surface area contributed by atoms with Crippen LogP contribution in [-0.4, -0.2) is 59.1 Å². The molecule has 0 aliphatic carbocycles. The highest BCUT2D eigenvalue weighted by molar-refractivity contribution is 5.79. The predicted molar refractivity (Wildman–Crippen MR) is 94.2 cm³/mol. The summed E-state index contributed by atoms with van der Waals surface area (Å²) in [7, 11) is 1.78. The topological polar surface area (TPSA) is 58.1 Å².